The van der Waals surface area contributed by atoms with Gasteiger partial charge in [0.05, 0.1) is 11.7 Å². The van der Waals surface area contributed by atoms with Crippen molar-refractivity contribution >= 4 is 17.5 Å². The predicted octanol–water partition coefficient (Wildman–Crippen LogP) is 1.48. The van der Waals surface area contributed by atoms with Crippen LogP contribution in [-0.2, 0) is 4.79 Å². The Morgan fingerprint density at radius 3 is 2.88 bits per heavy atom. The van der Waals surface area contributed by atoms with Crippen molar-refractivity contribution in [2.75, 3.05) is 31.5 Å². The molecule has 0 aromatic heterocycles. The number of para-hydroxylation sites is 1. The zero-order chi connectivity index (χ0) is 17.8. The molecule has 25 heavy (non-hydrogen) atoms. The average molecular weight is 343 g/mol. The highest BCUT2D eigenvalue weighted by molar-refractivity contribution is 6.00. The normalized spacial score (nSPS) is 23.6. The lowest BCUT2D eigenvalue weighted by Gasteiger charge is -2.31. The van der Waals surface area contributed by atoms with Gasteiger partial charge in [0.2, 0.25) is 5.91 Å². The number of nitrogens with zero attached hydrogens (tertiary/aromatic N) is 2. The summed E-state index contributed by atoms with van der Waals surface area (Å²) in [6.07, 6.45) is 3.51. The van der Waals surface area contributed by atoms with E-state index >= 15 is 0 Å². The molecule has 2 amide bonds. The molecular weight excluding hydrogens is 318 g/mol. The third-order valence-corrected chi connectivity index (χ3v) is 4.82. The Kier molecular flexibility index (Phi) is 5.38. The molecule has 6 nitrogen and oxygen atoms in total. The van der Waals surface area contributed by atoms with E-state index in [9.17, 15) is 14.7 Å². The van der Waals surface area contributed by atoms with Crippen LogP contribution in [0.25, 0.3) is 0 Å². The van der Waals surface area contributed by atoms with Crippen LogP contribution in [0.5, 0.6) is 0 Å². The van der Waals surface area contributed by atoms with Crippen molar-refractivity contribution in [1.82, 2.24) is 9.80 Å². The van der Waals surface area contributed by atoms with Crippen LogP contribution in [-0.4, -0.2) is 65.0 Å². The van der Waals surface area contributed by atoms with Crippen molar-refractivity contribution in [3.05, 3.63) is 42.5 Å². The third kappa shape index (κ3) is 3.85. The summed E-state index contributed by atoms with van der Waals surface area (Å²) >= 11 is 0. The standard InChI is InChI=1S/C19H25N3O3/c1-2-10-21-12-9-17(19(21)25)20-16-8-4-3-7-15(16)18(24)22-11-5-6-14(23)13-22/h2-4,7-8,14,17,20,23H,1,5-6,9-13H2/t14-,17+/m1/s1. The number of carbonyl (C=O) groups is 2. The number of β-amino-alcohol motifs (C(OH)–C–C–N with tert-alkyl or cyclic N) is 1. The summed E-state index contributed by atoms with van der Waals surface area (Å²) in [6, 6.07) is 6.95. The number of nitrogens with one attached hydrogen (secondary N) is 1. The maximum absolute atomic E-state index is 12.9. The quantitative estimate of drug-likeness (QED) is 0.795. The molecule has 2 aliphatic heterocycles. The van der Waals surface area contributed by atoms with Crippen LogP contribution >= 0.6 is 0 Å². The lowest BCUT2D eigenvalue weighted by atomic mass is 10.1. The van der Waals surface area contributed by atoms with E-state index in [0.29, 0.717) is 43.9 Å². The first-order chi connectivity index (χ1) is 12.1. The third-order valence-electron chi connectivity index (χ3n) is 4.82. The molecule has 3 rings (SSSR count). The van der Waals surface area contributed by atoms with Gasteiger partial charge in [-0.15, -0.1) is 6.58 Å². The highest BCUT2D eigenvalue weighted by Gasteiger charge is 2.32. The number of likely N-dealkylation sites (tertiary alicyclic amines) is 2. The van der Waals surface area contributed by atoms with E-state index in [2.05, 4.69) is 11.9 Å². The largest absolute Gasteiger partial charge is 0.391 e. The number of hydrogen-bond donors (Lipinski definition) is 2. The molecule has 2 atom stereocenters. The SMILES string of the molecule is C=CCN1CC[C@H](Nc2ccccc2C(=O)N2CCC[C@@H](O)C2)C1=O. The summed E-state index contributed by atoms with van der Waals surface area (Å²) in [5, 5.41) is 13.1. The monoisotopic (exact) mass is 343 g/mol. The Hall–Kier alpha value is -2.34. The molecule has 0 radical (unpaired) electrons. The maximum atomic E-state index is 12.9. The molecule has 2 N–H and O–H groups in total. The van der Waals surface area contributed by atoms with Crippen LogP contribution in [0, 0.1) is 0 Å². The topological polar surface area (TPSA) is 72.9 Å². The van der Waals surface area contributed by atoms with E-state index in [1.165, 1.54) is 0 Å². The van der Waals surface area contributed by atoms with Crippen LogP contribution in [0.2, 0.25) is 0 Å². The molecule has 1 aromatic carbocycles. The van der Waals surface area contributed by atoms with Gasteiger partial charge in [-0.05, 0) is 31.4 Å². The highest BCUT2D eigenvalue weighted by atomic mass is 16.3. The maximum Gasteiger partial charge on any atom is 0.256 e. The van der Waals surface area contributed by atoms with Crippen LogP contribution in [0.3, 0.4) is 0 Å². The van der Waals surface area contributed by atoms with Gasteiger partial charge >= 0.3 is 0 Å². The van der Waals surface area contributed by atoms with E-state index in [0.717, 1.165) is 12.8 Å². The van der Waals surface area contributed by atoms with Gasteiger partial charge in [-0.2, -0.15) is 0 Å². The van der Waals surface area contributed by atoms with Gasteiger partial charge in [0.25, 0.3) is 5.91 Å². The second-order valence-electron chi connectivity index (χ2n) is 6.65. The molecule has 2 saturated heterocycles. The van der Waals surface area contributed by atoms with Crippen molar-refractivity contribution < 1.29 is 14.7 Å². The predicted molar refractivity (Wildman–Crippen MR) is 96.4 cm³/mol. The van der Waals surface area contributed by atoms with Gasteiger partial charge in [-0.1, -0.05) is 18.2 Å². The molecule has 1 aromatic rings. The van der Waals surface area contributed by atoms with E-state index in [-0.39, 0.29) is 17.9 Å². The number of piperidine rings is 1. The summed E-state index contributed by atoms with van der Waals surface area (Å²) in [7, 11) is 0. The lowest BCUT2D eigenvalue weighted by Crippen LogP contribution is -2.42. The van der Waals surface area contributed by atoms with Crippen molar-refractivity contribution in [2.24, 2.45) is 0 Å². The van der Waals surface area contributed by atoms with E-state index in [1.54, 1.807) is 21.9 Å². The molecule has 0 saturated carbocycles. The summed E-state index contributed by atoms with van der Waals surface area (Å²) in [5.41, 5.74) is 1.22. The molecule has 134 valence electrons. The zero-order valence-electron chi connectivity index (χ0n) is 14.4. The van der Waals surface area contributed by atoms with Crippen molar-refractivity contribution in [2.45, 2.75) is 31.4 Å². The van der Waals surface area contributed by atoms with Gasteiger partial charge in [0.15, 0.2) is 0 Å². The fourth-order valence-corrected chi connectivity index (χ4v) is 3.50. The smallest absolute Gasteiger partial charge is 0.256 e. The second kappa shape index (κ2) is 7.70. The molecule has 2 heterocycles. The fraction of sp³-hybridized carbons (Fsp3) is 0.474. The molecular formula is C19H25N3O3. The number of rotatable bonds is 5. The number of anilines is 1. The number of amides is 2. The number of carbonyl (C=O) groups excluding carboxylic acids is 2. The Labute approximate surface area is 148 Å². The van der Waals surface area contributed by atoms with Crippen LogP contribution in [0.15, 0.2) is 36.9 Å². The zero-order valence-corrected chi connectivity index (χ0v) is 14.4. The summed E-state index contributed by atoms with van der Waals surface area (Å²) in [5.74, 6) is -0.0641. The first kappa shape index (κ1) is 17.5. The summed E-state index contributed by atoms with van der Waals surface area (Å²) in [6.45, 7) is 5.93. The lowest BCUT2D eigenvalue weighted by molar-refractivity contribution is -0.127. The van der Waals surface area contributed by atoms with E-state index in [1.807, 2.05) is 18.2 Å². The van der Waals surface area contributed by atoms with Gasteiger partial charge in [0, 0.05) is 31.9 Å². The Morgan fingerprint density at radius 2 is 2.12 bits per heavy atom. The molecule has 0 aliphatic carbocycles. The molecule has 0 spiro atoms. The van der Waals surface area contributed by atoms with Gasteiger partial charge in [-0.25, -0.2) is 0 Å². The average Bonchev–Trinajstić information content (AvgIpc) is 2.95. The van der Waals surface area contributed by atoms with Gasteiger partial charge < -0.3 is 20.2 Å². The van der Waals surface area contributed by atoms with Crippen LogP contribution in [0.4, 0.5) is 5.69 Å². The van der Waals surface area contributed by atoms with Crippen LogP contribution in [0.1, 0.15) is 29.6 Å². The van der Waals surface area contributed by atoms with E-state index in [4.69, 9.17) is 0 Å². The highest BCUT2D eigenvalue weighted by Crippen LogP contribution is 2.23. The molecule has 6 heteroatoms. The fourth-order valence-electron chi connectivity index (χ4n) is 3.50. The first-order valence-corrected chi connectivity index (χ1v) is 8.82. The van der Waals surface area contributed by atoms with Crippen molar-refractivity contribution in [3.63, 3.8) is 0 Å². The molecule has 2 fully saturated rings. The van der Waals surface area contributed by atoms with Gasteiger partial charge in [0.1, 0.15) is 6.04 Å². The number of benzene rings is 1. The summed E-state index contributed by atoms with van der Waals surface area (Å²) in [4.78, 5) is 28.7. The minimum Gasteiger partial charge on any atom is -0.391 e. The number of aliphatic hydroxyl groups excluding tert-OH is 1. The number of aliphatic hydroxyl groups is 1. The van der Waals surface area contributed by atoms with Crippen LogP contribution < -0.4 is 5.32 Å². The number of hydrogen-bond acceptors (Lipinski definition) is 4. The molecule has 0 unspecified atom stereocenters. The summed E-state index contributed by atoms with van der Waals surface area (Å²) < 4.78 is 0. The van der Waals surface area contributed by atoms with E-state index < -0.39 is 6.10 Å². The molecule has 0 bridgehead atoms. The Morgan fingerprint density at radius 1 is 1.32 bits per heavy atom. The first-order valence-electron chi connectivity index (χ1n) is 8.82. The van der Waals surface area contributed by atoms with Gasteiger partial charge in [-0.3, -0.25) is 9.59 Å². The molecule has 2 aliphatic rings. The minimum atomic E-state index is -0.457. The van der Waals surface area contributed by atoms with Crippen molar-refractivity contribution in [3.8, 4) is 0 Å². The van der Waals surface area contributed by atoms with Crippen molar-refractivity contribution in [1.29, 1.82) is 0 Å². The Balaban J connectivity index is 1.74. The Bertz CT molecular complexity index is 661. The minimum absolute atomic E-state index is 0.0375. The second-order valence-corrected chi connectivity index (χ2v) is 6.65.